The molecule has 10 nitrogen and oxygen atoms in total. The van der Waals surface area contributed by atoms with Crippen molar-refractivity contribution >= 4 is 30.2 Å². The summed E-state index contributed by atoms with van der Waals surface area (Å²) in [7, 11) is 0. The lowest BCUT2D eigenvalue weighted by molar-refractivity contribution is -0.126. The van der Waals surface area contributed by atoms with Gasteiger partial charge in [0.1, 0.15) is 31.5 Å². The first kappa shape index (κ1) is 22.9. The number of amides is 5. The van der Waals surface area contributed by atoms with Crippen LogP contribution < -0.4 is 16.0 Å². The molecule has 2 unspecified atom stereocenters. The highest BCUT2D eigenvalue weighted by atomic mass is 16.5. The molecule has 1 fully saturated rings. The molecule has 3 N–H and O–H groups in total. The van der Waals surface area contributed by atoms with Crippen LogP contribution in [0.3, 0.4) is 0 Å². The topological polar surface area (TPSA) is 134 Å². The lowest BCUT2D eigenvalue weighted by Gasteiger charge is -2.24. The highest BCUT2D eigenvalue weighted by Gasteiger charge is 2.30. The summed E-state index contributed by atoms with van der Waals surface area (Å²) >= 11 is 0. The maximum absolute atomic E-state index is 12.7. The summed E-state index contributed by atoms with van der Waals surface area (Å²) in [5, 5.41) is 7.12. The lowest BCUT2D eigenvalue weighted by atomic mass is 10.0. The molecule has 1 saturated heterocycles. The highest BCUT2D eigenvalue weighted by molar-refractivity contribution is 6.02. The van der Waals surface area contributed by atoms with Crippen molar-refractivity contribution in [2.45, 2.75) is 39.0 Å². The van der Waals surface area contributed by atoms with Gasteiger partial charge in [-0.3, -0.25) is 14.9 Å². The van der Waals surface area contributed by atoms with Crippen molar-refractivity contribution < 1.29 is 28.7 Å². The zero-order valence-corrected chi connectivity index (χ0v) is 16.9. The normalized spacial score (nSPS) is 15.4. The van der Waals surface area contributed by atoms with Crippen LogP contribution in [0.5, 0.6) is 0 Å². The van der Waals surface area contributed by atoms with Crippen LogP contribution in [0, 0.1) is 5.92 Å². The zero-order valence-electron chi connectivity index (χ0n) is 16.9. The van der Waals surface area contributed by atoms with Crippen molar-refractivity contribution in [3.63, 3.8) is 0 Å². The van der Waals surface area contributed by atoms with Gasteiger partial charge in [-0.2, -0.15) is 0 Å². The number of carbonyl (C=O) groups excluding carboxylic acids is 5. The van der Waals surface area contributed by atoms with Gasteiger partial charge in [-0.15, -0.1) is 0 Å². The molecular weight excluding hydrogens is 392 g/mol. The van der Waals surface area contributed by atoms with E-state index in [1.807, 2.05) is 32.0 Å². The molecule has 0 bridgehead atoms. The van der Waals surface area contributed by atoms with Gasteiger partial charge >= 0.3 is 12.1 Å². The second-order valence-electron chi connectivity index (χ2n) is 7.37. The van der Waals surface area contributed by atoms with E-state index >= 15 is 0 Å². The average molecular weight is 418 g/mol. The molecule has 1 aliphatic heterocycles. The number of urea groups is 1. The first-order chi connectivity index (χ1) is 14.3. The minimum atomic E-state index is -1.02. The Balaban J connectivity index is 1.92. The molecule has 1 aromatic rings. The molecule has 2 rings (SSSR count). The summed E-state index contributed by atoms with van der Waals surface area (Å²) in [5.41, 5.74) is 0.803. The highest BCUT2D eigenvalue weighted by Crippen LogP contribution is 2.07. The van der Waals surface area contributed by atoms with Gasteiger partial charge in [0.15, 0.2) is 0 Å². The van der Waals surface area contributed by atoms with Gasteiger partial charge in [0.2, 0.25) is 11.8 Å². The molecule has 1 heterocycles. The molecule has 30 heavy (non-hydrogen) atoms. The molecule has 1 aromatic carbocycles. The van der Waals surface area contributed by atoms with Gasteiger partial charge in [-0.05, 0) is 17.9 Å². The molecule has 0 aliphatic carbocycles. The lowest BCUT2D eigenvalue weighted by Crippen LogP contribution is -2.53. The predicted molar refractivity (Wildman–Crippen MR) is 106 cm³/mol. The number of hydrogen-bond acceptors (Lipinski definition) is 6. The fraction of sp³-hybridized carbons (Fsp3) is 0.450. The first-order valence-corrected chi connectivity index (χ1v) is 9.60. The zero-order chi connectivity index (χ0) is 22.1. The van der Waals surface area contributed by atoms with Crippen LogP contribution in [0.25, 0.3) is 0 Å². The number of imide groups is 1. The third-order valence-corrected chi connectivity index (χ3v) is 4.31. The third kappa shape index (κ3) is 7.19. The van der Waals surface area contributed by atoms with Crippen LogP contribution in [-0.4, -0.2) is 60.3 Å². The van der Waals surface area contributed by atoms with Crippen molar-refractivity contribution in [1.29, 1.82) is 0 Å². The van der Waals surface area contributed by atoms with Crippen LogP contribution in [0.1, 0.15) is 25.8 Å². The van der Waals surface area contributed by atoms with E-state index in [-0.39, 0.29) is 25.6 Å². The summed E-state index contributed by atoms with van der Waals surface area (Å²) < 4.78 is 5.16. The number of aldehydes is 1. The molecule has 0 aromatic heterocycles. The maximum Gasteiger partial charge on any atom is 0.408 e. The predicted octanol–water partition coefficient (Wildman–Crippen LogP) is 0.563. The first-order valence-electron chi connectivity index (χ1n) is 9.60. The Morgan fingerprint density at radius 3 is 2.47 bits per heavy atom. The summed E-state index contributed by atoms with van der Waals surface area (Å²) in [6.07, 6.45) is 0.0427. The SMILES string of the molecule is CC(C)CC(NC(=O)OCc1ccccc1)C(=O)NC(C=O)CN1CC(=O)NC1=O. The van der Waals surface area contributed by atoms with Gasteiger partial charge in [0.25, 0.3) is 0 Å². The van der Waals surface area contributed by atoms with Crippen molar-refractivity contribution in [2.75, 3.05) is 13.1 Å². The number of benzene rings is 1. The Labute approximate surface area is 174 Å². The fourth-order valence-corrected chi connectivity index (χ4v) is 2.88. The van der Waals surface area contributed by atoms with Gasteiger partial charge in [-0.25, -0.2) is 9.59 Å². The Bertz CT molecular complexity index is 783. The van der Waals surface area contributed by atoms with Crippen molar-refractivity contribution in [3.05, 3.63) is 35.9 Å². The molecule has 0 radical (unpaired) electrons. The van der Waals surface area contributed by atoms with E-state index in [0.717, 1.165) is 10.5 Å². The minimum absolute atomic E-state index is 0.0533. The van der Waals surface area contributed by atoms with Crippen LogP contribution in [0.4, 0.5) is 9.59 Å². The third-order valence-electron chi connectivity index (χ3n) is 4.31. The largest absolute Gasteiger partial charge is 0.445 e. The van der Waals surface area contributed by atoms with Crippen LogP contribution >= 0.6 is 0 Å². The van der Waals surface area contributed by atoms with Gasteiger partial charge < -0.3 is 25.1 Å². The average Bonchev–Trinajstić information content (AvgIpc) is 3.02. The molecule has 0 spiro atoms. The van der Waals surface area contributed by atoms with Crippen molar-refractivity contribution in [3.8, 4) is 0 Å². The second kappa shape index (κ2) is 10.9. The van der Waals surface area contributed by atoms with Gasteiger partial charge in [-0.1, -0.05) is 44.2 Å². The van der Waals surface area contributed by atoms with E-state index in [1.165, 1.54) is 0 Å². The maximum atomic E-state index is 12.7. The molecular formula is C20H26N4O6. The van der Waals surface area contributed by atoms with Crippen LogP contribution in [-0.2, 0) is 25.7 Å². The van der Waals surface area contributed by atoms with E-state index < -0.39 is 36.0 Å². The monoisotopic (exact) mass is 418 g/mol. The second-order valence-corrected chi connectivity index (χ2v) is 7.37. The molecule has 5 amide bonds. The number of alkyl carbamates (subject to hydrolysis) is 1. The van der Waals surface area contributed by atoms with Crippen LogP contribution in [0.2, 0.25) is 0 Å². The molecule has 1 aliphatic rings. The van der Waals surface area contributed by atoms with Gasteiger partial charge in [0.05, 0.1) is 6.54 Å². The smallest absolute Gasteiger partial charge is 0.408 e. The number of nitrogens with zero attached hydrogens (tertiary/aromatic N) is 1. The van der Waals surface area contributed by atoms with Crippen molar-refractivity contribution in [2.24, 2.45) is 5.92 Å². The van der Waals surface area contributed by atoms with E-state index in [1.54, 1.807) is 12.1 Å². The van der Waals surface area contributed by atoms with E-state index in [4.69, 9.17) is 4.74 Å². The Kier molecular flexibility index (Phi) is 8.33. The quantitative estimate of drug-likeness (QED) is 0.376. The number of rotatable bonds is 10. The standard InChI is InChI=1S/C20H26N4O6/c1-13(2)8-16(22-20(29)30-12-14-6-4-3-5-7-14)18(27)21-15(11-25)9-24-10-17(26)23-19(24)28/h3-7,11,13,15-16H,8-10,12H2,1-2H3,(H,21,27)(H,22,29)(H,23,26,28). The number of ether oxygens (including phenoxy) is 1. The summed E-state index contributed by atoms with van der Waals surface area (Å²) in [6.45, 7) is 3.49. The van der Waals surface area contributed by atoms with E-state index in [0.29, 0.717) is 12.7 Å². The Morgan fingerprint density at radius 2 is 1.90 bits per heavy atom. The molecule has 162 valence electrons. The minimum Gasteiger partial charge on any atom is -0.445 e. The molecule has 0 saturated carbocycles. The Hall–Kier alpha value is -3.43. The Morgan fingerprint density at radius 1 is 1.20 bits per heavy atom. The molecule has 10 heteroatoms. The van der Waals surface area contributed by atoms with Gasteiger partial charge in [0, 0.05) is 0 Å². The molecule has 2 atom stereocenters. The number of nitrogens with one attached hydrogen (secondary N) is 3. The summed E-state index contributed by atoms with van der Waals surface area (Å²) in [4.78, 5) is 60.2. The number of carbonyl (C=O) groups is 5. The summed E-state index contributed by atoms with van der Waals surface area (Å²) in [5.74, 6) is -0.980. The fourth-order valence-electron chi connectivity index (χ4n) is 2.88. The van der Waals surface area contributed by atoms with E-state index in [9.17, 15) is 24.0 Å². The summed E-state index contributed by atoms with van der Waals surface area (Å²) in [6, 6.07) is 6.52. The number of hydrogen-bond donors (Lipinski definition) is 3. The van der Waals surface area contributed by atoms with E-state index in [2.05, 4.69) is 16.0 Å². The van der Waals surface area contributed by atoms with Crippen molar-refractivity contribution in [1.82, 2.24) is 20.9 Å². The van der Waals surface area contributed by atoms with Crippen LogP contribution in [0.15, 0.2) is 30.3 Å².